The van der Waals surface area contributed by atoms with Crippen LogP contribution in [0.2, 0.25) is 0 Å². The molecule has 2 heteroatoms. The third-order valence-electron chi connectivity index (χ3n) is 5.31. The van der Waals surface area contributed by atoms with Crippen LogP contribution in [0, 0.1) is 29.6 Å². The van der Waals surface area contributed by atoms with Gasteiger partial charge in [0.15, 0.2) is 0 Å². The van der Waals surface area contributed by atoms with Crippen LogP contribution in [0.1, 0.15) is 38.5 Å². The minimum atomic E-state index is 0.328. The van der Waals surface area contributed by atoms with Gasteiger partial charge in [-0.05, 0) is 81.2 Å². The normalized spacial score (nSPS) is 45.2. The van der Waals surface area contributed by atoms with Crippen LogP contribution in [-0.2, 0) is 0 Å². The third kappa shape index (κ3) is 2.02. The summed E-state index contributed by atoms with van der Waals surface area (Å²) in [7, 11) is 0. The van der Waals surface area contributed by atoms with Crippen molar-refractivity contribution in [3.05, 3.63) is 0 Å². The number of aliphatic hydroxyl groups excluding tert-OH is 1. The zero-order valence-corrected chi connectivity index (χ0v) is 10.2. The van der Waals surface area contributed by atoms with Gasteiger partial charge in [-0.2, -0.15) is 0 Å². The molecule has 4 aliphatic carbocycles. The second kappa shape index (κ2) is 4.66. The molecular weight excluding hydrogens is 198 g/mol. The Morgan fingerprint density at radius 1 is 0.938 bits per heavy atom. The van der Waals surface area contributed by atoms with Crippen molar-refractivity contribution in [1.82, 2.24) is 5.32 Å². The molecule has 92 valence electrons. The topological polar surface area (TPSA) is 32.3 Å². The predicted molar refractivity (Wildman–Crippen MR) is 65.1 cm³/mol. The van der Waals surface area contributed by atoms with E-state index >= 15 is 0 Å². The fourth-order valence-electron chi connectivity index (χ4n) is 4.84. The Morgan fingerprint density at radius 2 is 1.56 bits per heavy atom. The minimum Gasteiger partial charge on any atom is -0.396 e. The monoisotopic (exact) mass is 223 g/mol. The van der Waals surface area contributed by atoms with Crippen LogP contribution >= 0.6 is 0 Å². The summed E-state index contributed by atoms with van der Waals surface area (Å²) >= 11 is 0. The molecule has 0 aromatic heterocycles. The Hall–Kier alpha value is -0.0800. The van der Waals surface area contributed by atoms with E-state index in [9.17, 15) is 0 Å². The molecule has 0 aromatic carbocycles. The number of aliphatic hydroxyl groups is 1. The van der Waals surface area contributed by atoms with E-state index in [1.807, 2.05) is 0 Å². The summed E-state index contributed by atoms with van der Waals surface area (Å²) in [6, 6.07) is 0. The summed E-state index contributed by atoms with van der Waals surface area (Å²) in [5, 5.41) is 12.3. The second-order valence-corrected chi connectivity index (χ2v) is 6.38. The molecule has 2 nitrogen and oxygen atoms in total. The number of rotatable bonds is 5. The van der Waals surface area contributed by atoms with Crippen LogP contribution in [-0.4, -0.2) is 24.8 Å². The molecule has 0 radical (unpaired) electrons. The van der Waals surface area contributed by atoms with Crippen molar-refractivity contribution >= 4 is 0 Å². The van der Waals surface area contributed by atoms with Crippen molar-refractivity contribution in [2.75, 3.05) is 19.7 Å². The molecule has 4 bridgehead atoms. The molecule has 0 unspecified atom stereocenters. The van der Waals surface area contributed by atoms with E-state index in [2.05, 4.69) is 5.32 Å². The zero-order chi connectivity index (χ0) is 11.0. The fourth-order valence-corrected chi connectivity index (χ4v) is 4.84. The molecule has 2 N–H and O–H groups in total. The van der Waals surface area contributed by atoms with Crippen molar-refractivity contribution in [2.45, 2.75) is 38.5 Å². The fraction of sp³-hybridized carbons (Fsp3) is 1.00. The minimum absolute atomic E-state index is 0.328. The first-order valence-corrected chi connectivity index (χ1v) is 7.18. The molecule has 0 spiro atoms. The maximum absolute atomic E-state index is 8.77. The van der Waals surface area contributed by atoms with E-state index in [-0.39, 0.29) is 0 Å². The van der Waals surface area contributed by atoms with Crippen LogP contribution in [0.4, 0.5) is 0 Å². The lowest BCUT2D eigenvalue weighted by atomic mass is 9.52. The molecule has 16 heavy (non-hydrogen) atoms. The molecule has 4 aliphatic rings. The quantitative estimate of drug-likeness (QED) is 0.699. The summed E-state index contributed by atoms with van der Waals surface area (Å²) in [5.74, 6) is 5.23. The van der Waals surface area contributed by atoms with Crippen molar-refractivity contribution in [2.24, 2.45) is 29.6 Å². The smallest absolute Gasteiger partial charge is 0.0443 e. The maximum atomic E-state index is 8.77. The summed E-state index contributed by atoms with van der Waals surface area (Å²) in [5.41, 5.74) is 0. The van der Waals surface area contributed by atoms with Crippen LogP contribution in [0.5, 0.6) is 0 Å². The van der Waals surface area contributed by atoms with Gasteiger partial charge in [-0.25, -0.2) is 0 Å². The van der Waals surface area contributed by atoms with Gasteiger partial charge in [0.2, 0.25) is 0 Å². The van der Waals surface area contributed by atoms with Crippen molar-refractivity contribution in [3.63, 3.8) is 0 Å². The first-order valence-electron chi connectivity index (χ1n) is 7.18. The molecular formula is C14H25NO. The van der Waals surface area contributed by atoms with E-state index < -0.39 is 0 Å². The second-order valence-electron chi connectivity index (χ2n) is 6.38. The summed E-state index contributed by atoms with van der Waals surface area (Å²) in [6.45, 7) is 2.54. The lowest BCUT2D eigenvalue weighted by Crippen LogP contribution is -2.48. The highest BCUT2D eigenvalue weighted by Gasteiger charge is 2.47. The molecule has 4 saturated carbocycles. The first kappa shape index (κ1) is 11.0. The van der Waals surface area contributed by atoms with Crippen molar-refractivity contribution < 1.29 is 5.11 Å². The Morgan fingerprint density at radius 3 is 2.12 bits per heavy atom. The van der Waals surface area contributed by atoms with Gasteiger partial charge in [0, 0.05) is 6.61 Å². The SMILES string of the molecule is OCCCNCC1C2CC3CC(C2)CC1C3. The molecule has 0 saturated heterocycles. The van der Waals surface area contributed by atoms with Gasteiger partial charge >= 0.3 is 0 Å². The van der Waals surface area contributed by atoms with Gasteiger partial charge in [0.05, 0.1) is 0 Å². The average molecular weight is 223 g/mol. The number of hydrogen-bond donors (Lipinski definition) is 2. The van der Waals surface area contributed by atoms with Gasteiger partial charge in [-0.3, -0.25) is 0 Å². The van der Waals surface area contributed by atoms with Crippen molar-refractivity contribution in [1.29, 1.82) is 0 Å². The highest BCUT2D eigenvalue weighted by atomic mass is 16.3. The number of hydrogen-bond acceptors (Lipinski definition) is 2. The van der Waals surface area contributed by atoms with Crippen LogP contribution in [0.3, 0.4) is 0 Å². The van der Waals surface area contributed by atoms with Crippen LogP contribution in [0.25, 0.3) is 0 Å². The van der Waals surface area contributed by atoms with E-state index in [1.165, 1.54) is 32.2 Å². The Balaban J connectivity index is 1.52. The standard InChI is InChI=1S/C14H25NO/c16-3-1-2-15-9-14-12-5-10-4-11(7-12)8-13(14)6-10/h10-16H,1-9H2. The molecule has 4 fully saturated rings. The Bertz CT molecular complexity index is 213. The highest BCUT2D eigenvalue weighted by molar-refractivity contribution is 4.98. The molecule has 4 rings (SSSR count). The largest absolute Gasteiger partial charge is 0.396 e. The number of nitrogens with one attached hydrogen (secondary N) is 1. The lowest BCUT2D eigenvalue weighted by Gasteiger charge is -2.54. The molecule has 0 heterocycles. The molecule has 0 aromatic rings. The summed E-state index contributed by atoms with van der Waals surface area (Å²) < 4.78 is 0. The van der Waals surface area contributed by atoms with Gasteiger partial charge in [0.25, 0.3) is 0 Å². The lowest BCUT2D eigenvalue weighted by molar-refractivity contribution is -0.0354. The third-order valence-corrected chi connectivity index (χ3v) is 5.31. The zero-order valence-electron chi connectivity index (χ0n) is 10.2. The molecule has 0 aliphatic heterocycles. The van der Waals surface area contributed by atoms with Gasteiger partial charge in [0.1, 0.15) is 0 Å². The molecule has 0 atom stereocenters. The van der Waals surface area contributed by atoms with E-state index in [0.717, 1.165) is 42.6 Å². The van der Waals surface area contributed by atoms with Crippen LogP contribution < -0.4 is 5.32 Å². The van der Waals surface area contributed by atoms with Gasteiger partial charge in [-0.15, -0.1) is 0 Å². The first-order chi connectivity index (χ1) is 7.86. The van der Waals surface area contributed by atoms with E-state index in [1.54, 1.807) is 6.42 Å². The summed E-state index contributed by atoms with van der Waals surface area (Å²) in [6.07, 6.45) is 8.57. The average Bonchev–Trinajstić information content (AvgIpc) is 2.26. The molecule has 0 amide bonds. The Labute approximate surface area is 98.8 Å². The predicted octanol–water partition coefficient (Wildman–Crippen LogP) is 2.03. The van der Waals surface area contributed by atoms with Crippen LogP contribution in [0.15, 0.2) is 0 Å². The van der Waals surface area contributed by atoms with Gasteiger partial charge in [-0.1, -0.05) is 0 Å². The van der Waals surface area contributed by atoms with E-state index in [0.29, 0.717) is 6.61 Å². The Kier molecular flexibility index (Phi) is 3.21. The maximum Gasteiger partial charge on any atom is 0.0443 e. The van der Waals surface area contributed by atoms with Gasteiger partial charge < -0.3 is 10.4 Å². The van der Waals surface area contributed by atoms with Crippen molar-refractivity contribution in [3.8, 4) is 0 Å². The van der Waals surface area contributed by atoms with E-state index in [4.69, 9.17) is 5.11 Å². The highest BCUT2D eigenvalue weighted by Crippen LogP contribution is 2.56. The summed E-state index contributed by atoms with van der Waals surface area (Å²) in [4.78, 5) is 0.